The molecule has 5 heteroatoms. The lowest BCUT2D eigenvalue weighted by Crippen LogP contribution is -2.10. The summed E-state index contributed by atoms with van der Waals surface area (Å²) in [6, 6.07) is 8.55. The Labute approximate surface area is 127 Å². The van der Waals surface area contributed by atoms with Crippen molar-refractivity contribution in [3.8, 4) is 0 Å². The maximum Gasteiger partial charge on any atom is 0.125 e. The number of alkyl halides is 1. The first kappa shape index (κ1) is 13.7. The van der Waals surface area contributed by atoms with Crippen LogP contribution in [0.5, 0.6) is 0 Å². The largest absolute Gasteiger partial charge is 0.323 e. The minimum absolute atomic E-state index is 0.356. The van der Waals surface area contributed by atoms with E-state index in [1.54, 1.807) is 0 Å². The lowest BCUT2D eigenvalue weighted by atomic mass is 10.2. The van der Waals surface area contributed by atoms with Crippen LogP contribution in [0.15, 0.2) is 30.5 Å². The molecule has 0 saturated carbocycles. The maximum absolute atomic E-state index is 6.09. The van der Waals surface area contributed by atoms with Crippen LogP contribution in [0.1, 0.15) is 18.8 Å². The van der Waals surface area contributed by atoms with Crippen molar-refractivity contribution in [2.45, 2.75) is 18.8 Å². The molecule has 0 amide bonds. The second-order valence-corrected chi connectivity index (χ2v) is 6.02. The molecule has 2 heterocycles. The Balaban J connectivity index is 2.36. The van der Waals surface area contributed by atoms with Crippen LogP contribution in [0.25, 0.3) is 21.9 Å². The van der Waals surface area contributed by atoms with Crippen LogP contribution in [-0.2, 0) is 5.88 Å². The molecule has 0 N–H and O–H groups in total. The second kappa shape index (κ2) is 5.62. The zero-order chi connectivity index (χ0) is 14.1. The summed E-state index contributed by atoms with van der Waals surface area (Å²) in [6.07, 6.45) is 3.96. The number of rotatable bonds is 4. The van der Waals surface area contributed by atoms with Crippen molar-refractivity contribution >= 4 is 45.3 Å². The third kappa shape index (κ3) is 2.17. The summed E-state index contributed by atoms with van der Waals surface area (Å²) in [5.74, 6) is 2.37. The molecule has 1 aromatic carbocycles. The molecule has 0 spiro atoms. The van der Waals surface area contributed by atoms with Gasteiger partial charge in [-0.2, -0.15) is 11.8 Å². The first-order chi connectivity index (χ1) is 9.76. The third-order valence-corrected chi connectivity index (χ3v) is 4.52. The van der Waals surface area contributed by atoms with Gasteiger partial charge in [-0.25, -0.2) is 4.98 Å². The summed E-state index contributed by atoms with van der Waals surface area (Å²) in [4.78, 5) is 9.12. The van der Waals surface area contributed by atoms with Gasteiger partial charge in [0.15, 0.2) is 0 Å². The first-order valence-corrected chi connectivity index (χ1v) is 8.48. The van der Waals surface area contributed by atoms with E-state index in [-0.39, 0.29) is 0 Å². The number of hydrogen-bond donors (Lipinski definition) is 0. The van der Waals surface area contributed by atoms with Crippen molar-refractivity contribution < 1.29 is 0 Å². The van der Waals surface area contributed by atoms with Gasteiger partial charge < -0.3 is 4.57 Å². The Morgan fingerprint density at radius 1 is 1.30 bits per heavy atom. The van der Waals surface area contributed by atoms with E-state index in [0.29, 0.717) is 11.9 Å². The number of para-hydroxylation sites is 1. The number of thioether (sulfide) groups is 1. The van der Waals surface area contributed by atoms with Crippen molar-refractivity contribution in [2.75, 3.05) is 12.0 Å². The molecular weight excluding hydrogens is 290 g/mol. The number of halogens is 1. The molecule has 104 valence electrons. The number of nitrogens with zero attached hydrogens (tertiary/aromatic N) is 3. The van der Waals surface area contributed by atoms with Crippen LogP contribution in [-0.4, -0.2) is 26.5 Å². The van der Waals surface area contributed by atoms with E-state index in [1.807, 2.05) is 36.2 Å². The van der Waals surface area contributed by atoms with Gasteiger partial charge in [0.2, 0.25) is 0 Å². The summed E-state index contributed by atoms with van der Waals surface area (Å²) in [7, 11) is 0. The number of hydrogen-bond acceptors (Lipinski definition) is 3. The predicted molar refractivity (Wildman–Crippen MR) is 87.7 cm³/mol. The van der Waals surface area contributed by atoms with Crippen molar-refractivity contribution in [3.05, 3.63) is 36.3 Å². The van der Waals surface area contributed by atoms with Crippen LogP contribution >= 0.6 is 23.4 Å². The van der Waals surface area contributed by atoms with Crippen molar-refractivity contribution in [1.29, 1.82) is 0 Å². The molecule has 20 heavy (non-hydrogen) atoms. The van der Waals surface area contributed by atoms with Crippen LogP contribution < -0.4 is 0 Å². The molecule has 0 bridgehead atoms. The van der Waals surface area contributed by atoms with Gasteiger partial charge in [0, 0.05) is 17.2 Å². The number of benzene rings is 1. The zero-order valence-electron chi connectivity index (χ0n) is 11.5. The summed E-state index contributed by atoms with van der Waals surface area (Å²) in [6.45, 7) is 2.21. The van der Waals surface area contributed by atoms with Gasteiger partial charge in [-0.05, 0) is 19.2 Å². The molecule has 1 atom stereocenters. The van der Waals surface area contributed by atoms with E-state index in [9.17, 15) is 0 Å². The lowest BCUT2D eigenvalue weighted by molar-refractivity contribution is 0.607. The van der Waals surface area contributed by atoms with Crippen LogP contribution in [0.2, 0.25) is 0 Å². The highest BCUT2D eigenvalue weighted by Crippen LogP contribution is 2.29. The van der Waals surface area contributed by atoms with Crippen molar-refractivity contribution in [1.82, 2.24) is 14.5 Å². The molecule has 1 unspecified atom stereocenters. The topological polar surface area (TPSA) is 30.7 Å². The molecule has 0 aliphatic carbocycles. The highest BCUT2D eigenvalue weighted by atomic mass is 35.5. The molecule has 3 aromatic rings. The molecule has 0 saturated heterocycles. The summed E-state index contributed by atoms with van der Waals surface area (Å²) in [5, 5.41) is 1.14. The average Bonchev–Trinajstić information content (AvgIpc) is 2.86. The number of aromatic nitrogens is 3. The summed E-state index contributed by atoms with van der Waals surface area (Å²) in [5.41, 5.74) is 3.07. The van der Waals surface area contributed by atoms with E-state index in [4.69, 9.17) is 11.6 Å². The highest BCUT2D eigenvalue weighted by molar-refractivity contribution is 7.98. The number of imidazole rings is 1. The predicted octanol–water partition coefficient (Wildman–Crippen LogP) is 4.25. The molecule has 3 rings (SSSR count). The first-order valence-electron chi connectivity index (χ1n) is 6.55. The van der Waals surface area contributed by atoms with Crippen LogP contribution in [0, 0.1) is 0 Å². The van der Waals surface area contributed by atoms with Gasteiger partial charge in [0.25, 0.3) is 0 Å². The fourth-order valence-electron chi connectivity index (χ4n) is 2.66. The van der Waals surface area contributed by atoms with Gasteiger partial charge in [-0.3, -0.25) is 4.98 Å². The van der Waals surface area contributed by atoms with Crippen molar-refractivity contribution in [2.24, 2.45) is 0 Å². The Morgan fingerprint density at radius 3 is 2.85 bits per heavy atom. The van der Waals surface area contributed by atoms with Crippen LogP contribution in [0.3, 0.4) is 0 Å². The van der Waals surface area contributed by atoms with Crippen LogP contribution in [0.4, 0.5) is 0 Å². The van der Waals surface area contributed by atoms with Gasteiger partial charge in [0.1, 0.15) is 11.3 Å². The van der Waals surface area contributed by atoms with E-state index in [2.05, 4.69) is 33.8 Å². The molecule has 3 nitrogen and oxygen atoms in total. The standard InChI is InChI=1S/C15H16ClN3S/c1-10(9-20-2)19-14(7-16)18-13-8-17-12-6-4-3-5-11(12)15(13)19/h3-6,8,10H,7,9H2,1-2H3. The van der Waals surface area contributed by atoms with Gasteiger partial charge in [0.05, 0.1) is 23.1 Å². The Bertz CT molecular complexity index is 753. The van der Waals surface area contributed by atoms with E-state index < -0.39 is 0 Å². The quantitative estimate of drug-likeness (QED) is 0.675. The Hall–Kier alpha value is -1.26. The van der Waals surface area contributed by atoms with E-state index >= 15 is 0 Å². The third-order valence-electron chi connectivity index (χ3n) is 3.46. The average molecular weight is 306 g/mol. The van der Waals surface area contributed by atoms with Crippen molar-refractivity contribution in [3.63, 3.8) is 0 Å². The highest BCUT2D eigenvalue weighted by Gasteiger charge is 2.17. The fourth-order valence-corrected chi connectivity index (χ4v) is 3.48. The van der Waals surface area contributed by atoms with Gasteiger partial charge in [-0.15, -0.1) is 11.6 Å². The molecule has 0 radical (unpaired) electrons. The second-order valence-electron chi connectivity index (χ2n) is 4.85. The zero-order valence-corrected chi connectivity index (χ0v) is 13.1. The lowest BCUT2D eigenvalue weighted by Gasteiger charge is -2.16. The fraction of sp³-hybridized carbons (Fsp3) is 0.333. The minimum atomic E-state index is 0.356. The van der Waals surface area contributed by atoms with E-state index in [1.165, 1.54) is 0 Å². The molecule has 0 fully saturated rings. The van der Waals surface area contributed by atoms with E-state index in [0.717, 1.165) is 33.5 Å². The normalized spacial score (nSPS) is 13.2. The maximum atomic E-state index is 6.09. The molecule has 2 aromatic heterocycles. The number of pyridine rings is 1. The summed E-state index contributed by atoms with van der Waals surface area (Å²) < 4.78 is 2.27. The van der Waals surface area contributed by atoms with Gasteiger partial charge in [-0.1, -0.05) is 18.2 Å². The molecular formula is C15H16ClN3S. The monoisotopic (exact) mass is 305 g/mol. The van der Waals surface area contributed by atoms with Gasteiger partial charge >= 0.3 is 0 Å². The minimum Gasteiger partial charge on any atom is -0.323 e. The Kier molecular flexibility index (Phi) is 3.85. The molecule has 0 aliphatic rings. The Morgan fingerprint density at radius 2 is 2.10 bits per heavy atom. The number of fused-ring (bicyclic) bond motifs is 3. The SMILES string of the molecule is CSCC(C)n1c(CCl)nc2cnc3ccccc3c21. The molecule has 0 aliphatic heterocycles. The smallest absolute Gasteiger partial charge is 0.125 e. The summed E-state index contributed by atoms with van der Waals surface area (Å²) >= 11 is 7.92.